The molecule has 0 radical (unpaired) electrons. The summed E-state index contributed by atoms with van der Waals surface area (Å²) in [6.45, 7) is 2.75. The zero-order chi connectivity index (χ0) is 17.5. The molecule has 1 N–H and O–H groups in total. The van der Waals surface area contributed by atoms with Crippen LogP contribution < -0.4 is 10.2 Å². The summed E-state index contributed by atoms with van der Waals surface area (Å²) in [6.07, 6.45) is 9.08. The van der Waals surface area contributed by atoms with Crippen molar-refractivity contribution in [3.8, 4) is 0 Å². The van der Waals surface area contributed by atoms with Crippen LogP contribution in [0.4, 0.5) is 5.95 Å². The first-order valence-electron chi connectivity index (χ1n) is 8.59. The van der Waals surface area contributed by atoms with Crippen LogP contribution in [0, 0.1) is 0 Å². The van der Waals surface area contributed by atoms with Gasteiger partial charge in [-0.3, -0.25) is 14.7 Å². The molecule has 0 aliphatic carbocycles. The van der Waals surface area contributed by atoms with Crippen LogP contribution in [0.1, 0.15) is 18.4 Å². The number of carbonyl (C=O) groups is 1. The van der Waals surface area contributed by atoms with E-state index in [9.17, 15) is 4.79 Å². The summed E-state index contributed by atoms with van der Waals surface area (Å²) in [5, 5.41) is 3.14. The highest BCUT2D eigenvalue weighted by molar-refractivity contribution is 5.78. The summed E-state index contributed by atoms with van der Waals surface area (Å²) in [5.41, 5.74) is 1.10. The zero-order valence-corrected chi connectivity index (χ0v) is 14.5. The van der Waals surface area contributed by atoms with Crippen molar-refractivity contribution in [3.05, 3.63) is 48.5 Å². The molecule has 2 aromatic rings. The third-order valence-electron chi connectivity index (χ3n) is 4.21. The van der Waals surface area contributed by atoms with Gasteiger partial charge < -0.3 is 10.2 Å². The third-order valence-corrected chi connectivity index (χ3v) is 4.21. The number of hydrogen-bond donors (Lipinski definition) is 1. The number of carbonyl (C=O) groups excluding carboxylic acids is 1. The Morgan fingerprint density at radius 3 is 2.92 bits per heavy atom. The summed E-state index contributed by atoms with van der Waals surface area (Å²) in [6, 6.07) is 5.87. The first-order valence-corrected chi connectivity index (χ1v) is 8.59. The van der Waals surface area contributed by atoms with Crippen LogP contribution >= 0.6 is 0 Å². The van der Waals surface area contributed by atoms with E-state index in [1.807, 2.05) is 36.3 Å². The first-order chi connectivity index (χ1) is 12.2. The van der Waals surface area contributed by atoms with Crippen molar-refractivity contribution < 1.29 is 4.79 Å². The van der Waals surface area contributed by atoms with E-state index >= 15 is 0 Å². The molecular weight excluding hydrogens is 316 g/mol. The summed E-state index contributed by atoms with van der Waals surface area (Å²) in [7, 11) is 1.94. The molecule has 0 bridgehead atoms. The number of likely N-dealkylation sites (N-methyl/N-ethyl adjacent to an activating group) is 1. The lowest BCUT2D eigenvalue weighted by molar-refractivity contribution is -0.122. The highest BCUT2D eigenvalue weighted by Gasteiger charge is 2.23. The Kier molecular flexibility index (Phi) is 5.90. The maximum atomic E-state index is 12.3. The largest absolute Gasteiger partial charge is 0.350 e. The topological polar surface area (TPSA) is 74.2 Å². The van der Waals surface area contributed by atoms with Crippen LogP contribution in [-0.2, 0) is 11.3 Å². The van der Waals surface area contributed by atoms with Crippen molar-refractivity contribution in [2.75, 3.05) is 31.6 Å². The van der Waals surface area contributed by atoms with E-state index in [-0.39, 0.29) is 11.9 Å². The third kappa shape index (κ3) is 5.22. The van der Waals surface area contributed by atoms with Gasteiger partial charge in [0.15, 0.2) is 0 Å². The fourth-order valence-electron chi connectivity index (χ4n) is 3.11. The van der Waals surface area contributed by atoms with Gasteiger partial charge in [0, 0.05) is 50.5 Å². The molecule has 1 atom stereocenters. The average molecular weight is 340 g/mol. The smallest absolute Gasteiger partial charge is 0.234 e. The number of amides is 1. The Labute approximate surface area is 148 Å². The van der Waals surface area contributed by atoms with Crippen LogP contribution in [0.25, 0.3) is 0 Å². The van der Waals surface area contributed by atoms with Gasteiger partial charge in [-0.15, -0.1) is 0 Å². The summed E-state index contributed by atoms with van der Waals surface area (Å²) >= 11 is 0. The lowest BCUT2D eigenvalue weighted by atomic mass is 10.1. The fourth-order valence-corrected chi connectivity index (χ4v) is 3.11. The Balaban J connectivity index is 1.47. The lowest BCUT2D eigenvalue weighted by Crippen LogP contribution is -2.50. The SMILES string of the molecule is CN(CC(=O)N[C@H]1CCCN(c2ncccn2)C1)Cc1cccnc1. The van der Waals surface area contributed by atoms with E-state index in [1.54, 1.807) is 18.6 Å². The van der Waals surface area contributed by atoms with Crippen molar-refractivity contribution in [1.82, 2.24) is 25.2 Å². The van der Waals surface area contributed by atoms with Gasteiger partial charge in [-0.25, -0.2) is 9.97 Å². The van der Waals surface area contributed by atoms with Gasteiger partial charge in [-0.05, 0) is 37.6 Å². The van der Waals surface area contributed by atoms with Crippen molar-refractivity contribution in [3.63, 3.8) is 0 Å². The van der Waals surface area contributed by atoms with Gasteiger partial charge in [0.2, 0.25) is 11.9 Å². The van der Waals surface area contributed by atoms with Crippen LogP contribution in [0.3, 0.4) is 0 Å². The number of rotatable bonds is 6. The molecule has 7 heteroatoms. The molecule has 1 saturated heterocycles. The Bertz CT molecular complexity index is 666. The second kappa shape index (κ2) is 8.53. The molecular formula is C18H24N6O. The molecule has 1 amide bonds. The molecule has 1 aliphatic rings. The van der Waals surface area contributed by atoms with Crippen LogP contribution in [-0.4, -0.2) is 58.5 Å². The van der Waals surface area contributed by atoms with E-state index in [0.717, 1.165) is 37.4 Å². The van der Waals surface area contributed by atoms with Gasteiger partial charge in [-0.1, -0.05) is 6.07 Å². The number of pyridine rings is 1. The van der Waals surface area contributed by atoms with Crippen LogP contribution in [0.2, 0.25) is 0 Å². The molecule has 1 fully saturated rings. The summed E-state index contributed by atoms with van der Waals surface area (Å²) in [5.74, 6) is 0.780. The Morgan fingerprint density at radius 2 is 2.16 bits per heavy atom. The van der Waals surface area contributed by atoms with Crippen molar-refractivity contribution >= 4 is 11.9 Å². The second-order valence-corrected chi connectivity index (χ2v) is 6.44. The minimum atomic E-state index is 0.0484. The normalized spacial score (nSPS) is 17.5. The average Bonchev–Trinajstić information content (AvgIpc) is 2.63. The van der Waals surface area contributed by atoms with Crippen LogP contribution in [0.15, 0.2) is 43.0 Å². The van der Waals surface area contributed by atoms with Gasteiger partial charge in [0.05, 0.1) is 6.54 Å². The molecule has 7 nitrogen and oxygen atoms in total. The van der Waals surface area contributed by atoms with Crippen LogP contribution in [0.5, 0.6) is 0 Å². The quantitative estimate of drug-likeness (QED) is 0.848. The van der Waals surface area contributed by atoms with E-state index < -0.39 is 0 Å². The number of nitrogens with one attached hydrogen (secondary N) is 1. The van der Waals surface area contributed by atoms with Crippen molar-refractivity contribution in [2.45, 2.75) is 25.4 Å². The molecule has 3 rings (SSSR count). The summed E-state index contributed by atoms with van der Waals surface area (Å²) < 4.78 is 0. The maximum Gasteiger partial charge on any atom is 0.234 e. The lowest BCUT2D eigenvalue weighted by Gasteiger charge is -2.33. The number of piperidine rings is 1. The maximum absolute atomic E-state index is 12.3. The van der Waals surface area contributed by atoms with E-state index in [4.69, 9.17) is 0 Å². The molecule has 2 aromatic heterocycles. The number of hydrogen-bond acceptors (Lipinski definition) is 6. The standard InChI is InChI=1S/C18H24N6O/c1-23(12-15-5-2-7-19-11-15)14-17(25)22-16-6-3-10-24(13-16)18-20-8-4-9-21-18/h2,4-5,7-9,11,16H,3,6,10,12-14H2,1H3,(H,22,25)/t16-/m0/s1. The van der Waals surface area contributed by atoms with Crippen molar-refractivity contribution in [2.24, 2.45) is 0 Å². The molecule has 0 saturated carbocycles. The van der Waals surface area contributed by atoms with E-state index in [1.165, 1.54) is 0 Å². The zero-order valence-electron chi connectivity index (χ0n) is 14.5. The molecule has 0 unspecified atom stereocenters. The van der Waals surface area contributed by atoms with E-state index in [0.29, 0.717) is 13.1 Å². The fraction of sp³-hybridized carbons (Fsp3) is 0.444. The number of nitrogens with zero attached hydrogens (tertiary/aromatic N) is 5. The van der Waals surface area contributed by atoms with Gasteiger partial charge in [0.1, 0.15) is 0 Å². The van der Waals surface area contributed by atoms with Gasteiger partial charge >= 0.3 is 0 Å². The minimum Gasteiger partial charge on any atom is -0.350 e. The molecule has 3 heterocycles. The number of aromatic nitrogens is 3. The van der Waals surface area contributed by atoms with Gasteiger partial charge in [-0.2, -0.15) is 0 Å². The minimum absolute atomic E-state index is 0.0484. The summed E-state index contributed by atoms with van der Waals surface area (Å²) in [4.78, 5) is 29.2. The Morgan fingerprint density at radius 1 is 1.32 bits per heavy atom. The number of anilines is 1. The molecule has 1 aliphatic heterocycles. The van der Waals surface area contributed by atoms with Crippen molar-refractivity contribution in [1.29, 1.82) is 0 Å². The molecule has 0 aromatic carbocycles. The molecule has 132 valence electrons. The predicted octanol–water partition coefficient (Wildman–Crippen LogP) is 1.09. The second-order valence-electron chi connectivity index (χ2n) is 6.44. The Hall–Kier alpha value is -2.54. The van der Waals surface area contributed by atoms with E-state index in [2.05, 4.69) is 25.2 Å². The monoisotopic (exact) mass is 340 g/mol. The van der Waals surface area contributed by atoms with Gasteiger partial charge in [0.25, 0.3) is 0 Å². The first kappa shape index (κ1) is 17.3. The highest BCUT2D eigenvalue weighted by Crippen LogP contribution is 2.15. The molecule has 0 spiro atoms. The highest BCUT2D eigenvalue weighted by atomic mass is 16.2. The predicted molar refractivity (Wildman–Crippen MR) is 96.0 cm³/mol. The molecule has 25 heavy (non-hydrogen) atoms.